The van der Waals surface area contributed by atoms with E-state index in [1.165, 1.54) is 0 Å². The smallest absolute Gasteiger partial charge is 0.213 e. The van der Waals surface area contributed by atoms with Gasteiger partial charge in [-0.2, -0.15) is 0 Å². The summed E-state index contributed by atoms with van der Waals surface area (Å²) in [7, 11) is 3.56. The number of aromatic nitrogens is 3. The highest BCUT2D eigenvalue weighted by Crippen LogP contribution is 2.10. The topological polar surface area (TPSA) is 52.0 Å². The highest BCUT2D eigenvalue weighted by atomic mass is 16.5. The van der Waals surface area contributed by atoms with E-state index >= 15 is 0 Å². The van der Waals surface area contributed by atoms with Crippen LogP contribution in [-0.4, -0.2) is 21.6 Å². The van der Waals surface area contributed by atoms with Crippen molar-refractivity contribution in [3.63, 3.8) is 0 Å². The molecule has 0 aliphatic heterocycles. The van der Waals surface area contributed by atoms with E-state index in [4.69, 9.17) is 4.74 Å². The highest BCUT2D eigenvalue weighted by Gasteiger charge is 2.00. The lowest BCUT2D eigenvalue weighted by molar-refractivity contribution is 0.397. The molecule has 5 heteroatoms. The SMILES string of the molecule is COc1cc(CNc2nccn2C)ccn1. The Balaban J connectivity index is 2.02. The van der Waals surface area contributed by atoms with Gasteiger partial charge in [-0.25, -0.2) is 9.97 Å². The number of rotatable bonds is 4. The van der Waals surface area contributed by atoms with E-state index < -0.39 is 0 Å². The van der Waals surface area contributed by atoms with E-state index in [9.17, 15) is 0 Å². The van der Waals surface area contributed by atoms with Gasteiger partial charge in [-0.15, -0.1) is 0 Å². The summed E-state index contributed by atoms with van der Waals surface area (Å²) >= 11 is 0. The standard InChI is InChI=1S/C11H14N4O/c1-15-6-5-13-11(15)14-8-9-3-4-12-10(7-9)16-2/h3-7H,8H2,1-2H3,(H,13,14). The Hall–Kier alpha value is -2.04. The fraction of sp³-hybridized carbons (Fsp3) is 0.273. The minimum absolute atomic E-state index is 0.624. The lowest BCUT2D eigenvalue weighted by Crippen LogP contribution is -2.05. The molecule has 0 atom stereocenters. The van der Waals surface area contributed by atoms with Gasteiger partial charge in [0.1, 0.15) is 0 Å². The summed E-state index contributed by atoms with van der Waals surface area (Å²) in [6.45, 7) is 0.698. The maximum Gasteiger partial charge on any atom is 0.213 e. The second-order valence-corrected chi connectivity index (χ2v) is 3.42. The van der Waals surface area contributed by atoms with Gasteiger partial charge in [-0.1, -0.05) is 0 Å². The maximum atomic E-state index is 5.06. The van der Waals surface area contributed by atoms with E-state index in [2.05, 4.69) is 15.3 Å². The van der Waals surface area contributed by atoms with Crippen LogP contribution in [0.2, 0.25) is 0 Å². The third kappa shape index (κ3) is 2.31. The second kappa shape index (κ2) is 4.65. The number of aryl methyl sites for hydroxylation is 1. The van der Waals surface area contributed by atoms with Gasteiger partial charge >= 0.3 is 0 Å². The van der Waals surface area contributed by atoms with E-state index in [1.807, 2.05) is 29.9 Å². The Morgan fingerprint density at radius 2 is 2.25 bits per heavy atom. The van der Waals surface area contributed by atoms with Crippen molar-refractivity contribution in [3.05, 3.63) is 36.3 Å². The van der Waals surface area contributed by atoms with Crippen molar-refractivity contribution in [1.29, 1.82) is 0 Å². The van der Waals surface area contributed by atoms with Gasteiger partial charge in [0.2, 0.25) is 11.8 Å². The van der Waals surface area contributed by atoms with Gasteiger partial charge in [0.05, 0.1) is 7.11 Å². The highest BCUT2D eigenvalue weighted by molar-refractivity contribution is 5.29. The Kier molecular flexibility index (Phi) is 3.05. The number of nitrogens with one attached hydrogen (secondary N) is 1. The number of hydrogen-bond donors (Lipinski definition) is 1. The summed E-state index contributed by atoms with van der Waals surface area (Å²) in [6, 6.07) is 3.84. The molecule has 0 saturated heterocycles. The molecule has 2 aromatic heterocycles. The Labute approximate surface area is 94.1 Å². The molecule has 0 unspecified atom stereocenters. The average Bonchev–Trinajstić information content (AvgIpc) is 2.72. The van der Waals surface area contributed by atoms with Crippen LogP contribution in [0.5, 0.6) is 5.88 Å². The molecule has 2 rings (SSSR count). The molecule has 0 amide bonds. The molecule has 0 radical (unpaired) electrons. The predicted molar refractivity (Wildman–Crippen MR) is 61.3 cm³/mol. The van der Waals surface area contributed by atoms with E-state index in [0.717, 1.165) is 11.5 Å². The first kappa shape index (κ1) is 10.5. The Morgan fingerprint density at radius 1 is 1.38 bits per heavy atom. The van der Waals surface area contributed by atoms with E-state index in [1.54, 1.807) is 19.5 Å². The first-order chi connectivity index (χ1) is 7.79. The van der Waals surface area contributed by atoms with Crippen molar-refractivity contribution in [2.24, 2.45) is 7.05 Å². The molecule has 84 valence electrons. The molecule has 0 spiro atoms. The summed E-state index contributed by atoms with van der Waals surface area (Å²) < 4.78 is 6.98. The molecule has 1 N–H and O–H groups in total. The fourth-order valence-electron chi connectivity index (χ4n) is 1.39. The van der Waals surface area contributed by atoms with Crippen LogP contribution < -0.4 is 10.1 Å². The molecule has 0 aliphatic carbocycles. The van der Waals surface area contributed by atoms with Gasteiger partial charge in [0.25, 0.3) is 0 Å². The fourth-order valence-corrected chi connectivity index (χ4v) is 1.39. The molecule has 2 aromatic rings. The van der Waals surface area contributed by atoms with Crippen LogP contribution in [-0.2, 0) is 13.6 Å². The Bertz CT molecular complexity index is 467. The quantitative estimate of drug-likeness (QED) is 0.843. The van der Waals surface area contributed by atoms with Crippen molar-refractivity contribution < 1.29 is 4.74 Å². The summed E-state index contributed by atoms with van der Waals surface area (Å²) in [6.07, 6.45) is 5.39. The van der Waals surface area contributed by atoms with Gasteiger partial charge < -0.3 is 14.6 Å². The molecule has 0 fully saturated rings. The van der Waals surface area contributed by atoms with Crippen LogP contribution in [0.4, 0.5) is 5.95 Å². The molecule has 0 saturated carbocycles. The number of methoxy groups -OCH3 is 1. The van der Waals surface area contributed by atoms with Gasteiger partial charge in [-0.3, -0.25) is 0 Å². The number of pyridine rings is 1. The predicted octanol–water partition coefficient (Wildman–Crippen LogP) is 1.44. The molecular formula is C11H14N4O. The molecule has 0 bridgehead atoms. The minimum atomic E-state index is 0.624. The van der Waals surface area contributed by atoms with E-state index in [-0.39, 0.29) is 0 Å². The number of imidazole rings is 1. The molecule has 0 aromatic carbocycles. The molecule has 5 nitrogen and oxygen atoms in total. The number of nitrogens with zero attached hydrogens (tertiary/aromatic N) is 3. The lowest BCUT2D eigenvalue weighted by Gasteiger charge is -2.06. The number of ether oxygens (including phenoxy) is 1. The van der Waals surface area contributed by atoms with Crippen LogP contribution in [0.25, 0.3) is 0 Å². The van der Waals surface area contributed by atoms with Crippen LogP contribution in [0, 0.1) is 0 Å². The van der Waals surface area contributed by atoms with Crippen molar-refractivity contribution in [2.45, 2.75) is 6.54 Å². The second-order valence-electron chi connectivity index (χ2n) is 3.42. The lowest BCUT2D eigenvalue weighted by atomic mass is 10.2. The summed E-state index contributed by atoms with van der Waals surface area (Å²) in [4.78, 5) is 8.23. The summed E-state index contributed by atoms with van der Waals surface area (Å²) in [5.74, 6) is 1.47. The zero-order chi connectivity index (χ0) is 11.4. The van der Waals surface area contributed by atoms with Gasteiger partial charge in [-0.05, 0) is 11.6 Å². The third-order valence-electron chi connectivity index (χ3n) is 2.28. The normalized spacial score (nSPS) is 10.1. The van der Waals surface area contributed by atoms with Gasteiger partial charge in [0.15, 0.2) is 0 Å². The first-order valence-corrected chi connectivity index (χ1v) is 4.99. The first-order valence-electron chi connectivity index (χ1n) is 4.99. The zero-order valence-electron chi connectivity index (χ0n) is 9.34. The van der Waals surface area contributed by atoms with Crippen LogP contribution in [0.15, 0.2) is 30.7 Å². The zero-order valence-corrected chi connectivity index (χ0v) is 9.34. The van der Waals surface area contributed by atoms with Crippen molar-refractivity contribution >= 4 is 5.95 Å². The molecular weight excluding hydrogens is 204 g/mol. The molecule has 0 aliphatic rings. The largest absolute Gasteiger partial charge is 0.481 e. The Morgan fingerprint density at radius 3 is 2.94 bits per heavy atom. The van der Waals surface area contributed by atoms with Crippen molar-refractivity contribution in [1.82, 2.24) is 14.5 Å². The molecule has 2 heterocycles. The van der Waals surface area contributed by atoms with Crippen LogP contribution >= 0.6 is 0 Å². The molecule has 16 heavy (non-hydrogen) atoms. The summed E-state index contributed by atoms with van der Waals surface area (Å²) in [5.41, 5.74) is 1.11. The van der Waals surface area contributed by atoms with Crippen LogP contribution in [0.3, 0.4) is 0 Å². The third-order valence-corrected chi connectivity index (χ3v) is 2.28. The van der Waals surface area contributed by atoms with Gasteiger partial charge in [0, 0.05) is 38.2 Å². The van der Waals surface area contributed by atoms with E-state index in [0.29, 0.717) is 12.4 Å². The number of anilines is 1. The van der Waals surface area contributed by atoms with Crippen LogP contribution in [0.1, 0.15) is 5.56 Å². The monoisotopic (exact) mass is 218 g/mol. The van der Waals surface area contributed by atoms with Crippen molar-refractivity contribution in [3.8, 4) is 5.88 Å². The average molecular weight is 218 g/mol. The van der Waals surface area contributed by atoms with Crippen molar-refractivity contribution in [2.75, 3.05) is 12.4 Å². The maximum absolute atomic E-state index is 5.06. The minimum Gasteiger partial charge on any atom is -0.481 e. The number of hydrogen-bond acceptors (Lipinski definition) is 4. The summed E-state index contributed by atoms with van der Waals surface area (Å²) in [5, 5.41) is 3.23.